The second kappa shape index (κ2) is 7.67. The summed E-state index contributed by atoms with van der Waals surface area (Å²) in [6.45, 7) is 8.85. The van der Waals surface area contributed by atoms with Gasteiger partial charge in [0.15, 0.2) is 11.5 Å². The van der Waals surface area contributed by atoms with E-state index in [9.17, 15) is 4.79 Å². The summed E-state index contributed by atoms with van der Waals surface area (Å²) in [4.78, 5) is 11.4. The minimum atomic E-state index is -0.0395. The van der Waals surface area contributed by atoms with Crippen LogP contribution in [0.25, 0.3) is 0 Å². The predicted molar refractivity (Wildman–Crippen MR) is 75.6 cm³/mol. The number of carbonyl (C=O) groups excluding carboxylic acids is 1. The molecule has 4 heteroatoms. The third-order valence-corrected chi connectivity index (χ3v) is 2.77. The summed E-state index contributed by atoms with van der Waals surface area (Å²) < 4.78 is 11.1. The van der Waals surface area contributed by atoms with Gasteiger partial charge in [0.05, 0.1) is 19.3 Å². The van der Waals surface area contributed by atoms with Crippen molar-refractivity contribution in [2.75, 3.05) is 13.2 Å². The predicted octanol–water partition coefficient (Wildman–Crippen LogP) is 3.07. The third-order valence-electron chi connectivity index (χ3n) is 2.77. The number of carbonyl (C=O) groups is 1. The summed E-state index contributed by atoms with van der Waals surface area (Å²) in [5.74, 6) is 1.50. The molecule has 0 aromatic heterocycles. The van der Waals surface area contributed by atoms with E-state index >= 15 is 0 Å². The van der Waals surface area contributed by atoms with Crippen LogP contribution in [0, 0.1) is 0 Å². The first kappa shape index (κ1) is 15.3. The molecular weight excluding hydrogens is 242 g/mol. The molecule has 0 fully saturated rings. The van der Waals surface area contributed by atoms with Crippen LogP contribution in [0.2, 0.25) is 0 Å². The molecular formula is C15H23NO3. The van der Waals surface area contributed by atoms with Crippen molar-refractivity contribution in [1.29, 1.82) is 0 Å². The van der Waals surface area contributed by atoms with Crippen molar-refractivity contribution in [3.63, 3.8) is 0 Å². The largest absolute Gasteiger partial charge is 0.490 e. The second-order valence-electron chi connectivity index (χ2n) is 4.21. The first-order valence-corrected chi connectivity index (χ1v) is 6.81. The highest BCUT2D eigenvalue weighted by atomic mass is 16.5. The molecule has 0 radical (unpaired) electrons. The van der Waals surface area contributed by atoms with Crippen LogP contribution in [0.1, 0.15) is 45.7 Å². The third kappa shape index (κ3) is 4.47. The van der Waals surface area contributed by atoms with Gasteiger partial charge in [-0.2, -0.15) is 0 Å². The summed E-state index contributed by atoms with van der Waals surface area (Å²) in [6.07, 6.45) is 0.486. The normalized spacial score (nSPS) is 11.8. The van der Waals surface area contributed by atoms with Crippen LogP contribution in [0.15, 0.2) is 18.2 Å². The highest BCUT2D eigenvalue weighted by molar-refractivity contribution is 5.76. The monoisotopic (exact) mass is 265 g/mol. The zero-order valence-electron chi connectivity index (χ0n) is 12.2. The molecule has 0 aliphatic heterocycles. The fraction of sp³-hybridized carbons (Fsp3) is 0.533. The maximum atomic E-state index is 11.4. The van der Waals surface area contributed by atoms with Gasteiger partial charge >= 0.3 is 0 Å². The van der Waals surface area contributed by atoms with E-state index < -0.39 is 0 Å². The molecule has 1 aromatic carbocycles. The molecule has 1 aromatic rings. The lowest BCUT2D eigenvalue weighted by molar-refractivity contribution is -0.121. The van der Waals surface area contributed by atoms with E-state index in [0.29, 0.717) is 19.6 Å². The fourth-order valence-electron chi connectivity index (χ4n) is 1.76. The Morgan fingerprint density at radius 3 is 2.37 bits per heavy atom. The lowest BCUT2D eigenvalue weighted by atomic mass is 10.1. The molecule has 4 nitrogen and oxygen atoms in total. The SMILES string of the molecule is CCOc1ccc([C@@H](C)NC(=O)CC)cc1OCC. The van der Waals surface area contributed by atoms with E-state index in [1.54, 1.807) is 0 Å². The Bertz CT molecular complexity index is 418. The van der Waals surface area contributed by atoms with Crippen LogP contribution < -0.4 is 14.8 Å². The molecule has 19 heavy (non-hydrogen) atoms. The lowest BCUT2D eigenvalue weighted by Crippen LogP contribution is -2.25. The number of amides is 1. The van der Waals surface area contributed by atoms with Gasteiger partial charge in [-0.1, -0.05) is 13.0 Å². The Kier molecular flexibility index (Phi) is 6.19. The molecule has 0 heterocycles. The van der Waals surface area contributed by atoms with Crippen LogP contribution >= 0.6 is 0 Å². The average Bonchev–Trinajstić information content (AvgIpc) is 2.41. The molecule has 0 unspecified atom stereocenters. The highest BCUT2D eigenvalue weighted by Crippen LogP contribution is 2.30. The smallest absolute Gasteiger partial charge is 0.220 e. The van der Waals surface area contributed by atoms with E-state index in [0.717, 1.165) is 17.1 Å². The summed E-state index contributed by atoms with van der Waals surface area (Å²) in [6, 6.07) is 5.73. The average molecular weight is 265 g/mol. The van der Waals surface area contributed by atoms with Gasteiger partial charge in [-0.15, -0.1) is 0 Å². The topological polar surface area (TPSA) is 47.6 Å². The Balaban J connectivity index is 2.90. The van der Waals surface area contributed by atoms with Crippen molar-refractivity contribution in [2.45, 2.75) is 40.2 Å². The standard InChI is InChI=1S/C15H23NO3/c1-5-15(17)16-11(4)12-8-9-13(18-6-2)14(10-12)19-7-3/h8-11H,5-7H2,1-4H3,(H,16,17)/t11-/m1/s1. The van der Waals surface area contributed by atoms with E-state index in [4.69, 9.17) is 9.47 Å². The molecule has 1 atom stereocenters. The first-order chi connectivity index (χ1) is 9.12. The maximum absolute atomic E-state index is 11.4. The summed E-state index contributed by atoms with van der Waals surface area (Å²) in [7, 11) is 0. The van der Waals surface area contributed by atoms with Gasteiger partial charge in [-0.25, -0.2) is 0 Å². The van der Waals surface area contributed by atoms with Crippen molar-refractivity contribution in [2.24, 2.45) is 0 Å². The number of ether oxygens (including phenoxy) is 2. The molecule has 0 spiro atoms. The van der Waals surface area contributed by atoms with Gasteiger partial charge in [0.1, 0.15) is 0 Å². The molecule has 0 saturated heterocycles. The van der Waals surface area contributed by atoms with E-state index in [2.05, 4.69) is 5.32 Å². The van der Waals surface area contributed by atoms with Gasteiger partial charge in [0.2, 0.25) is 5.91 Å². The number of rotatable bonds is 7. The van der Waals surface area contributed by atoms with E-state index in [1.807, 2.05) is 45.9 Å². The Hall–Kier alpha value is -1.71. The minimum Gasteiger partial charge on any atom is -0.490 e. The number of hydrogen-bond acceptors (Lipinski definition) is 3. The molecule has 0 bridgehead atoms. The van der Waals surface area contributed by atoms with E-state index in [-0.39, 0.29) is 11.9 Å². The number of benzene rings is 1. The zero-order chi connectivity index (χ0) is 14.3. The zero-order valence-corrected chi connectivity index (χ0v) is 12.2. The summed E-state index contributed by atoms with van der Waals surface area (Å²) >= 11 is 0. The Morgan fingerprint density at radius 2 is 1.79 bits per heavy atom. The second-order valence-corrected chi connectivity index (χ2v) is 4.21. The molecule has 1 amide bonds. The molecule has 0 aliphatic rings. The van der Waals surface area contributed by atoms with Crippen molar-refractivity contribution >= 4 is 5.91 Å². The maximum Gasteiger partial charge on any atom is 0.220 e. The molecule has 106 valence electrons. The number of nitrogens with one attached hydrogen (secondary N) is 1. The quantitative estimate of drug-likeness (QED) is 0.824. The minimum absolute atomic E-state index is 0.0395. The molecule has 1 rings (SSSR count). The van der Waals surface area contributed by atoms with Crippen LogP contribution in [0.4, 0.5) is 0 Å². The van der Waals surface area contributed by atoms with Gasteiger partial charge in [-0.3, -0.25) is 4.79 Å². The first-order valence-electron chi connectivity index (χ1n) is 6.81. The van der Waals surface area contributed by atoms with E-state index in [1.165, 1.54) is 0 Å². The van der Waals surface area contributed by atoms with Gasteiger partial charge in [0, 0.05) is 6.42 Å². The van der Waals surface area contributed by atoms with Crippen LogP contribution in [0.3, 0.4) is 0 Å². The lowest BCUT2D eigenvalue weighted by Gasteiger charge is -2.17. The summed E-state index contributed by atoms with van der Waals surface area (Å²) in [5, 5.41) is 2.93. The Morgan fingerprint density at radius 1 is 1.16 bits per heavy atom. The van der Waals surface area contributed by atoms with Gasteiger partial charge < -0.3 is 14.8 Å². The van der Waals surface area contributed by atoms with Gasteiger partial charge in [-0.05, 0) is 38.5 Å². The fourth-order valence-corrected chi connectivity index (χ4v) is 1.76. The van der Waals surface area contributed by atoms with Crippen LogP contribution in [0.5, 0.6) is 11.5 Å². The molecule has 0 aliphatic carbocycles. The van der Waals surface area contributed by atoms with Crippen molar-refractivity contribution < 1.29 is 14.3 Å². The Labute approximate surface area is 115 Å². The highest BCUT2D eigenvalue weighted by Gasteiger charge is 2.12. The van der Waals surface area contributed by atoms with Gasteiger partial charge in [0.25, 0.3) is 0 Å². The van der Waals surface area contributed by atoms with Crippen LogP contribution in [-0.4, -0.2) is 19.1 Å². The summed E-state index contributed by atoms with van der Waals surface area (Å²) in [5.41, 5.74) is 1.01. The van der Waals surface area contributed by atoms with Crippen molar-refractivity contribution in [3.8, 4) is 11.5 Å². The van der Waals surface area contributed by atoms with Crippen LogP contribution in [-0.2, 0) is 4.79 Å². The van der Waals surface area contributed by atoms with Crippen molar-refractivity contribution in [3.05, 3.63) is 23.8 Å². The molecule has 1 N–H and O–H groups in total. The number of hydrogen-bond donors (Lipinski definition) is 1. The van der Waals surface area contributed by atoms with Crippen molar-refractivity contribution in [1.82, 2.24) is 5.32 Å². The molecule has 0 saturated carbocycles.